The SMILES string of the molecule is Cc1cc(C)c(NC(=O)CN(C)C(=O)CN2C(=O)N[C@@]3(CCCC[C@@H]3C)C2=O)c(C)c1. The molecule has 2 fully saturated rings. The molecule has 1 heterocycles. The van der Waals surface area contributed by atoms with Gasteiger partial charge in [-0.05, 0) is 50.7 Å². The van der Waals surface area contributed by atoms with E-state index in [1.807, 2.05) is 39.8 Å². The van der Waals surface area contributed by atoms with Crippen LogP contribution in [0.1, 0.15) is 49.3 Å². The van der Waals surface area contributed by atoms with E-state index in [9.17, 15) is 19.2 Å². The molecule has 8 heteroatoms. The maximum Gasteiger partial charge on any atom is 0.325 e. The van der Waals surface area contributed by atoms with Gasteiger partial charge in [-0.2, -0.15) is 0 Å². The molecule has 0 radical (unpaired) electrons. The van der Waals surface area contributed by atoms with Crippen molar-refractivity contribution in [3.8, 4) is 0 Å². The Labute approximate surface area is 183 Å². The van der Waals surface area contributed by atoms with E-state index in [0.717, 1.165) is 46.5 Å². The number of urea groups is 1. The first-order chi connectivity index (χ1) is 14.5. The molecule has 1 spiro atoms. The lowest BCUT2D eigenvalue weighted by Crippen LogP contribution is -2.54. The zero-order valence-corrected chi connectivity index (χ0v) is 19.0. The molecule has 2 aliphatic rings. The normalized spacial score (nSPS) is 23.1. The average Bonchev–Trinajstić information content (AvgIpc) is 2.92. The Morgan fingerprint density at radius 3 is 2.45 bits per heavy atom. The molecule has 0 bridgehead atoms. The summed E-state index contributed by atoms with van der Waals surface area (Å²) >= 11 is 0. The van der Waals surface area contributed by atoms with Crippen molar-refractivity contribution in [2.24, 2.45) is 5.92 Å². The summed E-state index contributed by atoms with van der Waals surface area (Å²) in [6.07, 6.45) is 3.36. The maximum absolute atomic E-state index is 13.0. The summed E-state index contributed by atoms with van der Waals surface area (Å²) in [5.41, 5.74) is 2.85. The van der Waals surface area contributed by atoms with Gasteiger partial charge >= 0.3 is 6.03 Å². The van der Waals surface area contributed by atoms with Gasteiger partial charge in [-0.15, -0.1) is 0 Å². The molecule has 0 aromatic heterocycles. The van der Waals surface area contributed by atoms with Gasteiger partial charge in [0.2, 0.25) is 11.8 Å². The molecular formula is C23H32N4O4. The van der Waals surface area contributed by atoms with Crippen molar-refractivity contribution in [2.75, 3.05) is 25.5 Å². The molecule has 2 N–H and O–H groups in total. The van der Waals surface area contributed by atoms with Crippen LogP contribution in [0.4, 0.5) is 10.5 Å². The number of anilines is 1. The number of hydrogen-bond acceptors (Lipinski definition) is 4. The van der Waals surface area contributed by atoms with Crippen LogP contribution >= 0.6 is 0 Å². The fraction of sp³-hybridized carbons (Fsp3) is 0.565. The number of carbonyl (C=O) groups is 4. The maximum atomic E-state index is 13.0. The second-order valence-electron chi connectivity index (χ2n) is 9.01. The predicted octanol–water partition coefficient (Wildman–Crippen LogP) is 2.51. The van der Waals surface area contributed by atoms with Gasteiger partial charge in [0.15, 0.2) is 0 Å². The highest BCUT2D eigenvalue weighted by Gasteiger charge is 2.55. The molecular weight excluding hydrogens is 396 g/mol. The number of carbonyl (C=O) groups excluding carboxylic acids is 4. The summed E-state index contributed by atoms with van der Waals surface area (Å²) < 4.78 is 0. The van der Waals surface area contributed by atoms with Crippen molar-refractivity contribution in [2.45, 2.75) is 58.9 Å². The lowest BCUT2D eigenvalue weighted by Gasteiger charge is -2.36. The summed E-state index contributed by atoms with van der Waals surface area (Å²) in [4.78, 5) is 52.9. The quantitative estimate of drug-likeness (QED) is 0.704. The molecule has 1 aromatic carbocycles. The van der Waals surface area contributed by atoms with Crippen LogP contribution in [-0.4, -0.2) is 59.2 Å². The minimum atomic E-state index is -0.897. The summed E-state index contributed by atoms with van der Waals surface area (Å²) in [6, 6.07) is 3.43. The molecule has 2 atom stereocenters. The summed E-state index contributed by atoms with van der Waals surface area (Å²) in [5.74, 6) is -1.10. The van der Waals surface area contributed by atoms with Crippen LogP contribution in [0.5, 0.6) is 0 Å². The van der Waals surface area contributed by atoms with E-state index in [4.69, 9.17) is 0 Å². The molecule has 1 saturated carbocycles. The fourth-order valence-electron chi connectivity index (χ4n) is 4.75. The van der Waals surface area contributed by atoms with Crippen LogP contribution in [0.3, 0.4) is 0 Å². The van der Waals surface area contributed by atoms with Crippen molar-refractivity contribution in [3.63, 3.8) is 0 Å². The van der Waals surface area contributed by atoms with Gasteiger partial charge < -0.3 is 15.5 Å². The lowest BCUT2D eigenvalue weighted by molar-refractivity contribution is -0.140. The standard InChI is InChI=1S/C23H32N4O4/c1-14-10-15(2)20(16(3)11-14)24-18(28)12-26(5)19(29)13-27-21(30)23(25-22(27)31)9-7-6-8-17(23)4/h10-11,17H,6-9,12-13H2,1-5H3,(H,24,28)(H,25,31)/t17-,23+/m0/s1. The molecule has 1 saturated heterocycles. The molecule has 8 nitrogen and oxygen atoms in total. The third-order valence-corrected chi connectivity index (χ3v) is 6.54. The first-order valence-corrected chi connectivity index (χ1v) is 10.8. The number of amides is 5. The van der Waals surface area contributed by atoms with Gasteiger partial charge in [0.1, 0.15) is 12.1 Å². The van der Waals surface area contributed by atoms with Crippen LogP contribution in [0.2, 0.25) is 0 Å². The Hall–Kier alpha value is -2.90. The fourth-order valence-corrected chi connectivity index (χ4v) is 4.75. The van der Waals surface area contributed by atoms with Crippen LogP contribution in [-0.2, 0) is 14.4 Å². The van der Waals surface area contributed by atoms with E-state index in [2.05, 4.69) is 10.6 Å². The van der Waals surface area contributed by atoms with Crippen LogP contribution in [0, 0.1) is 26.7 Å². The number of rotatable bonds is 5. The number of nitrogens with zero attached hydrogens (tertiary/aromatic N) is 2. The van der Waals surface area contributed by atoms with Crippen LogP contribution < -0.4 is 10.6 Å². The van der Waals surface area contributed by atoms with E-state index in [1.54, 1.807) is 0 Å². The summed E-state index contributed by atoms with van der Waals surface area (Å²) in [7, 11) is 1.49. The molecule has 0 unspecified atom stereocenters. The van der Waals surface area contributed by atoms with Gasteiger partial charge in [0, 0.05) is 12.7 Å². The molecule has 31 heavy (non-hydrogen) atoms. The summed E-state index contributed by atoms with van der Waals surface area (Å²) in [5, 5.41) is 5.70. The molecule has 5 amide bonds. The number of imide groups is 1. The Kier molecular flexibility index (Phi) is 6.38. The number of nitrogens with one attached hydrogen (secondary N) is 2. The Morgan fingerprint density at radius 1 is 1.19 bits per heavy atom. The number of aryl methyl sites for hydroxylation is 3. The van der Waals surface area contributed by atoms with Gasteiger partial charge in [0.05, 0.1) is 6.54 Å². The second-order valence-corrected chi connectivity index (χ2v) is 9.01. The van der Waals surface area contributed by atoms with E-state index in [1.165, 1.54) is 11.9 Å². The summed E-state index contributed by atoms with van der Waals surface area (Å²) in [6.45, 7) is 7.26. The highest BCUT2D eigenvalue weighted by Crippen LogP contribution is 2.38. The lowest BCUT2D eigenvalue weighted by atomic mass is 9.73. The van der Waals surface area contributed by atoms with Crippen molar-refractivity contribution in [1.29, 1.82) is 0 Å². The topological polar surface area (TPSA) is 98.8 Å². The average molecular weight is 429 g/mol. The first-order valence-electron chi connectivity index (χ1n) is 10.8. The van der Waals surface area contributed by atoms with E-state index < -0.39 is 17.5 Å². The van der Waals surface area contributed by atoms with Crippen molar-refractivity contribution in [1.82, 2.24) is 15.1 Å². The highest BCUT2D eigenvalue weighted by molar-refractivity contribution is 6.09. The van der Waals surface area contributed by atoms with Gasteiger partial charge in [-0.1, -0.05) is 37.5 Å². The largest absolute Gasteiger partial charge is 0.335 e. The Bertz CT molecular complexity index is 905. The highest BCUT2D eigenvalue weighted by atomic mass is 16.2. The van der Waals surface area contributed by atoms with E-state index in [-0.39, 0.29) is 30.8 Å². The number of likely N-dealkylation sites (N-methyl/N-ethyl adjacent to an activating group) is 1. The third kappa shape index (κ3) is 4.43. The molecule has 168 valence electrons. The molecule has 1 aromatic rings. The second kappa shape index (κ2) is 8.69. The van der Waals surface area contributed by atoms with Gasteiger partial charge in [0.25, 0.3) is 5.91 Å². The van der Waals surface area contributed by atoms with Crippen molar-refractivity contribution >= 4 is 29.4 Å². The molecule has 3 rings (SSSR count). The van der Waals surface area contributed by atoms with E-state index in [0.29, 0.717) is 6.42 Å². The minimum Gasteiger partial charge on any atom is -0.335 e. The Morgan fingerprint density at radius 2 is 1.84 bits per heavy atom. The zero-order valence-electron chi connectivity index (χ0n) is 19.0. The number of hydrogen-bond donors (Lipinski definition) is 2. The molecule has 1 aliphatic carbocycles. The minimum absolute atomic E-state index is 0.0299. The van der Waals surface area contributed by atoms with Crippen molar-refractivity contribution < 1.29 is 19.2 Å². The van der Waals surface area contributed by atoms with Crippen molar-refractivity contribution in [3.05, 3.63) is 28.8 Å². The zero-order chi connectivity index (χ0) is 22.9. The predicted molar refractivity (Wildman–Crippen MR) is 118 cm³/mol. The van der Waals surface area contributed by atoms with Crippen LogP contribution in [0.15, 0.2) is 12.1 Å². The van der Waals surface area contributed by atoms with Gasteiger partial charge in [-0.3, -0.25) is 19.3 Å². The monoisotopic (exact) mass is 428 g/mol. The Balaban J connectivity index is 1.61. The van der Waals surface area contributed by atoms with Crippen LogP contribution in [0.25, 0.3) is 0 Å². The van der Waals surface area contributed by atoms with Gasteiger partial charge in [-0.25, -0.2) is 4.79 Å². The third-order valence-electron chi connectivity index (χ3n) is 6.54. The smallest absolute Gasteiger partial charge is 0.325 e. The first kappa shape index (κ1) is 22.8. The molecule has 1 aliphatic heterocycles. The van der Waals surface area contributed by atoms with E-state index >= 15 is 0 Å². The number of benzene rings is 1.